The lowest BCUT2D eigenvalue weighted by atomic mass is 9.84. The fraction of sp³-hybridized carbons (Fsp3) is 0.0263. The summed E-state index contributed by atoms with van der Waals surface area (Å²) in [5, 5.41) is 31.9. The van der Waals surface area contributed by atoms with E-state index in [1.54, 1.807) is 0 Å². The minimum Gasteiger partial charge on any atom is -0.135 e. The normalized spacial score (nSPS) is 13.7. The van der Waals surface area contributed by atoms with Crippen LogP contribution in [0.2, 0.25) is 0 Å². The van der Waals surface area contributed by atoms with Crippen LogP contribution < -0.4 is 0 Å². The molecule has 0 unspecified atom stereocenters. The summed E-state index contributed by atoms with van der Waals surface area (Å²) in [7, 11) is 0. The third-order valence-corrected chi connectivity index (χ3v) is 19.7. The Labute approximate surface area is 475 Å². The molecule has 0 saturated carbocycles. The summed E-state index contributed by atoms with van der Waals surface area (Å²) in [6.07, 6.45) is 0. The van der Waals surface area contributed by atoms with Gasteiger partial charge in [-0.2, -0.15) is 0 Å². The van der Waals surface area contributed by atoms with E-state index in [2.05, 4.69) is 232 Å². The van der Waals surface area contributed by atoms with Crippen LogP contribution in [0.15, 0.2) is 218 Å². The summed E-state index contributed by atoms with van der Waals surface area (Å²) >= 11 is 1.91. The van der Waals surface area contributed by atoms with Gasteiger partial charge in [-0.1, -0.05) is 188 Å². The maximum atomic E-state index is 5.00. The predicted molar refractivity (Wildman–Crippen MR) is 357 cm³/mol. The van der Waals surface area contributed by atoms with Crippen LogP contribution in [-0.2, 0) is 0 Å². The van der Waals surface area contributed by atoms with Crippen molar-refractivity contribution >= 4 is 150 Å². The van der Waals surface area contributed by atoms with Crippen molar-refractivity contribution in [3.63, 3.8) is 0 Å². The van der Waals surface area contributed by atoms with E-state index in [1.807, 2.05) is 11.3 Å². The maximum Gasteiger partial charge on any atom is 0.0434 e. The minimum absolute atomic E-state index is 0. The molecule has 1 heterocycles. The third-order valence-electron chi connectivity index (χ3n) is 18.5. The molecule has 0 nitrogen and oxygen atoms in total. The molecule has 18 aromatic rings. The van der Waals surface area contributed by atoms with Crippen molar-refractivity contribution in [3.8, 4) is 55.6 Å². The van der Waals surface area contributed by atoms with E-state index in [1.165, 1.54) is 205 Å². The Morgan fingerprint density at radius 1 is 0.247 bits per heavy atom. The highest BCUT2D eigenvalue weighted by molar-refractivity contribution is 7.26. The first-order valence-corrected chi connectivity index (χ1v) is 27.9. The monoisotopic (exact) mass is 1030 g/mol. The summed E-state index contributed by atoms with van der Waals surface area (Å²) in [6.45, 7) is 4.60. The van der Waals surface area contributed by atoms with Gasteiger partial charge in [-0.05, 0) is 224 Å². The van der Waals surface area contributed by atoms with Gasteiger partial charge in [0.2, 0.25) is 0 Å². The van der Waals surface area contributed by atoms with Crippen LogP contribution in [0.25, 0.3) is 194 Å². The molecule has 0 saturated heterocycles. The summed E-state index contributed by atoms with van der Waals surface area (Å²) in [5.41, 5.74) is 15.8. The van der Waals surface area contributed by atoms with Crippen LogP contribution >= 0.6 is 11.3 Å². The molecule has 0 bridgehead atoms. The first kappa shape index (κ1) is 33.5. The molecule has 77 heavy (non-hydrogen) atoms. The van der Waals surface area contributed by atoms with Crippen LogP contribution in [0.1, 0.15) is 39.3 Å². The van der Waals surface area contributed by atoms with E-state index in [-0.39, 0.29) is 1.43 Å². The fourth-order valence-corrected chi connectivity index (χ4v) is 16.5. The van der Waals surface area contributed by atoms with Crippen molar-refractivity contribution in [2.24, 2.45) is 0 Å². The van der Waals surface area contributed by atoms with Crippen LogP contribution in [0.5, 0.6) is 0 Å². The highest BCUT2D eigenvalue weighted by Crippen LogP contribution is 2.58. The predicted octanol–water partition coefficient (Wildman–Crippen LogP) is 24.8. The number of aryl methyl sites for hydroxylation is 2. The van der Waals surface area contributed by atoms with E-state index < -0.39 is 0 Å². The third kappa shape index (κ3) is 5.01. The molecule has 0 aliphatic heterocycles. The molecular weight excluding hydrogens is 945 g/mol. The molecule has 1 aromatic heterocycles. The molecule has 1 aliphatic rings. The SMILES string of the molecule is Cc1ccccc1-c1c2cc3c(cc2c(-c2ccccc2C)c2c4ccc5c6ccc7c8c(ccc(c9ccc(c12)c4c95)c86)-c1cc2ccccc2cc1-7)c1ccc(-c2cccc4c2sc2ccccc24)c2cccc3c21.[2HH].[2H][2H].[2H][2H].[2H][2H].[2H][2H].[2H][2H].[2H][2H].[2H][2H].[2H][2H].[2H][2H]. The lowest BCUT2D eigenvalue weighted by Gasteiger charge is -2.19. The van der Waals surface area contributed by atoms with Crippen LogP contribution in [0, 0.1) is 13.8 Å². The molecule has 19 rings (SSSR count). The van der Waals surface area contributed by atoms with Gasteiger partial charge in [0.1, 0.15) is 0 Å². The Morgan fingerprint density at radius 3 is 1.30 bits per heavy atom. The number of thiophene rings is 1. The van der Waals surface area contributed by atoms with E-state index in [9.17, 15) is 0 Å². The van der Waals surface area contributed by atoms with Gasteiger partial charge >= 0.3 is 0 Å². The smallest absolute Gasteiger partial charge is 0.0434 e. The lowest BCUT2D eigenvalue weighted by Crippen LogP contribution is -1.92. The fourth-order valence-electron chi connectivity index (χ4n) is 15.3. The Bertz CT molecular complexity index is 5530. The number of fused-ring (bicyclic) bond motifs is 16. The van der Waals surface area contributed by atoms with Gasteiger partial charge in [0.15, 0.2) is 0 Å². The molecule has 0 N–H and O–H groups in total. The molecule has 372 valence electrons. The summed E-state index contributed by atoms with van der Waals surface area (Å²) in [5.74, 6) is 0. The molecule has 1 heteroatoms. The molecule has 0 atom stereocenters. The zero-order chi connectivity index (χ0) is 68.1. The zero-order valence-corrected chi connectivity index (χ0v) is 43.0. The Hall–Kier alpha value is -9.40. The second-order valence-electron chi connectivity index (χ2n) is 22.1. The highest BCUT2D eigenvalue weighted by Gasteiger charge is 2.30. The van der Waals surface area contributed by atoms with Crippen LogP contribution in [0.4, 0.5) is 0 Å². The number of rotatable bonds is 3. The Morgan fingerprint density at radius 2 is 0.675 bits per heavy atom. The van der Waals surface area contributed by atoms with E-state index in [0.717, 1.165) is 0 Å². The van der Waals surface area contributed by atoms with Gasteiger partial charge in [0.05, 0.1) is 0 Å². The second-order valence-corrected chi connectivity index (χ2v) is 23.2. The van der Waals surface area contributed by atoms with Crippen molar-refractivity contribution in [1.29, 1.82) is 0 Å². The average molecular weight is 1030 g/mol. The number of benzene rings is 15. The molecule has 0 spiro atoms. The van der Waals surface area contributed by atoms with E-state index in [0.29, 0.717) is 0 Å². The van der Waals surface area contributed by atoms with Gasteiger partial charge in [-0.3, -0.25) is 0 Å². The number of hydrogen-bond acceptors (Lipinski definition) is 1. The van der Waals surface area contributed by atoms with Crippen LogP contribution in [-0.4, -0.2) is 0 Å². The van der Waals surface area contributed by atoms with Gasteiger partial charge in [0.25, 0.3) is 0 Å². The molecule has 17 aromatic carbocycles. The summed E-state index contributed by atoms with van der Waals surface area (Å²) in [4.78, 5) is 0. The van der Waals surface area contributed by atoms with Crippen LogP contribution in [0.3, 0.4) is 0 Å². The largest absolute Gasteiger partial charge is 0.135 e. The summed E-state index contributed by atoms with van der Waals surface area (Å²) in [6, 6.07) is 84.3. The van der Waals surface area contributed by atoms with E-state index in [4.69, 9.17) is 26.7 Å². The second kappa shape index (κ2) is 14.3. The Kier molecular flexibility index (Phi) is 6.22. The lowest BCUT2D eigenvalue weighted by molar-refractivity contribution is 1.47. The van der Waals surface area contributed by atoms with Crippen molar-refractivity contribution in [3.05, 3.63) is 230 Å². The molecule has 0 radical (unpaired) electrons. The maximum absolute atomic E-state index is 5.00. The standard InChI is InChI=1S/C76H42S.10H2/c1-39-13-3-7-17-43(39)68-64-37-62-48-21-11-20-47-45(56-22-12-23-57-46-19-9-10-24-66(46)77-76(56)57)25-26-53(67(47)48)63(62)38-65(64)69(44-18-8-4-14-40(44)2)75-59-34-32-52-50-28-30-55-61-36-42-16-6-5-15-41(42)35-60(61)54-29-27-49(70(50)72(54)55)51-31-33-58(74(68)75)73(59)71(51)52;;;;;;;;;;/h3-38H,1-2H3;10*1H/i;9*1+1D;1+1. The first-order valence-electron chi connectivity index (χ1n) is 36.1. The van der Waals surface area contributed by atoms with Crippen molar-refractivity contribution in [2.45, 2.75) is 13.8 Å². The zero-order valence-electron chi connectivity index (χ0n) is 60.2. The van der Waals surface area contributed by atoms with Crippen molar-refractivity contribution in [1.82, 2.24) is 0 Å². The van der Waals surface area contributed by atoms with Gasteiger partial charge < -0.3 is 0 Å². The van der Waals surface area contributed by atoms with Gasteiger partial charge in [-0.25, -0.2) is 0 Å². The van der Waals surface area contributed by atoms with E-state index >= 15 is 0 Å². The van der Waals surface area contributed by atoms with Gasteiger partial charge in [0, 0.05) is 53.9 Å². The average Bonchev–Trinajstić information content (AvgIpc) is 1.48. The topological polar surface area (TPSA) is 0 Å². The molecular formula is C76H62S. The summed E-state index contributed by atoms with van der Waals surface area (Å²) < 4.78 is 92.7. The number of hydrogen-bond donors (Lipinski definition) is 0. The minimum atomic E-state index is 0. The molecule has 0 amide bonds. The first-order chi connectivity index (χ1) is 47.1. The van der Waals surface area contributed by atoms with Crippen molar-refractivity contribution in [2.75, 3.05) is 0 Å². The highest BCUT2D eigenvalue weighted by atomic mass is 32.1. The molecule has 1 aliphatic carbocycles. The van der Waals surface area contributed by atoms with Crippen molar-refractivity contribution < 1.29 is 28.2 Å². The Balaban J connectivity index is 0.000000530. The van der Waals surface area contributed by atoms with Gasteiger partial charge in [-0.15, -0.1) is 11.3 Å². The molecule has 0 fully saturated rings. The quantitative estimate of drug-likeness (QED) is 0.122.